The minimum Gasteiger partial charge on any atom is -0.388 e. The van der Waals surface area contributed by atoms with Crippen molar-refractivity contribution in [2.24, 2.45) is 0 Å². The van der Waals surface area contributed by atoms with Gasteiger partial charge in [0.1, 0.15) is 5.82 Å². The van der Waals surface area contributed by atoms with E-state index in [1.54, 1.807) is 0 Å². The summed E-state index contributed by atoms with van der Waals surface area (Å²) >= 11 is 1.51. The van der Waals surface area contributed by atoms with Crippen molar-refractivity contribution >= 4 is 11.8 Å². The number of aryl methyl sites for hydroxylation is 2. The van der Waals surface area contributed by atoms with Crippen LogP contribution in [0.25, 0.3) is 5.69 Å². The first-order valence-electron chi connectivity index (χ1n) is 7.50. The largest absolute Gasteiger partial charge is 0.388 e. The fourth-order valence-electron chi connectivity index (χ4n) is 2.45. The Morgan fingerprint density at radius 3 is 2.43 bits per heavy atom. The molecule has 0 fully saturated rings. The molecule has 0 saturated heterocycles. The van der Waals surface area contributed by atoms with Gasteiger partial charge in [0.2, 0.25) is 0 Å². The molecule has 1 aromatic heterocycles. The van der Waals surface area contributed by atoms with Crippen LogP contribution in [0.1, 0.15) is 23.1 Å². The summed E-state index contributed by atoms with van der Waals surface area (Å²) in [7, 11) is 0. The van der Waals surface area contributed by atoms with Gasteiger partial charge in [0.15, 0.2) is 5.16 Å². The maximum Gasteiger partial charge on any atom is 0.195 e. The minimum absolute atomic E-state index is 0.525. The van der Waals surface area contributed by atoms with Crippen LogP contribution in [0.5, 0.6) is 0 Å². The van der Waals surface area contributed by atoms with Crippen molar-refractivity contribution in [2.45, 2.75) is 25.1 Å². The highest BCUT2D eigenvalue weighted by Crippen LogP contribution is 2.27. The molecule has 0 bridgehead atoms. The van der Waals surface area contributed by atoms with Crippen molar-refractivity contribution in [3.8, 4) is 5.69 Å². The van der Waals surface area contributed by atoms with Crippen LogP contribution in [-0.2, 0) is 0 Å². The Labute approximate surface area is 140 Å². The Balaban J connectivity index is 1.81. The van der Waals surface area contributed by atoms with Gasteiger partial charge in [-0.05, 0) is 31.0 Å². The van der Waals surface area contributed by atoms with Gasteiger partial charge in [-0.15, -0.1) is 10.2 Å². The van der Waals surface area contributed by atoms with Crippen molar-refractivity contribution in [3.63, 3.8) is 0 Å². The molecule has 0 unspecified atom stereocenters. The lowest BCUT2D eigenvalue weighted by Gasteiger charge is -2.13. The van der Waals surface area contributed by atoms with E-state index in [9.17, 15) is 5.11 Å². The van der Waals surface area contributed by atoms with Gasteiger partial charge in [-0.3, -0.25) is 4.57 Å². The third-order valence-corrected chi connectivity index (χ3v) is 4.71. The van der Waals surface area contributed by atoms with E-state index < -0.39 is 6.10 Å². The molecule has 5 heteroatoms. The van der Waals surface area contributed by atoms with Gasteiger partial charge in [-0.25, -0.2) is 0 Å². The number of aliphatic hydroxyl groups excluding tert-OH is 1. The molecule has 23 heavy (non-hydrogen) atoms. The number of aromatic nitrogens is 3. The highest BCUT2D eigenvalue weighted by Gasteiger charge is 2.15. The maximum absolute atomic E-state index is 10.3. The topological polar surface area (TPSA) is 50.9 Å². The first-order chi connectivity index (χ1) is 11.2. The number of benzene rings is 2. The molecule has 0 aliphatic heterocycles. The molecule has 3 aromatic rings. The van der Waals surface area contributed by atoms with E-state index in [2.05, 4.69) is 29.3 Å². The smallest absolute Gasteiger partial charge is 0.195 e. The van der Waals surface area contributed by atoms with E-state index in [-0.39, 0.29) is 0 Å². The molecule has 0 aliphatic rings. The van der Waals surface area contributed by atoms with Crippen LogP contribution in [-0.4, -0.2) is 25.6 Å². The van der Waals surface area contributed by atoms with Gasteiger partial charge < -0.3 is 5.11 Å². The van der Waals surface area contributed by atoms with Gasteiger partial charge >= 0.3 is 0 Å². The number of nitrogens with zero attached hydrogens (tertiary/aromatic N) is 3. The number of thioether (sulfide) groups is 1. The van der Waals surface area contributed by atoms with Crippen LogP contribution in [0, 0.1) is 13.8 Å². The summed E-state index contributed by atoms with van der Waals surface area (Å²) in [4.78, 5) is 0. The van der Waals surface area contributed by atoms with E-state index in [0.717, 1.165) is 22.2 Å². The first-order valence-corrected chi connectivity index (χ1v) is 8.49. The number of para-hydroxylation sites is 1. The summed E-state index contributed by atoms with van der Waals surface area (Å²) in [6, 6.07) is 17.8. The molecule has 3 rings (SSSR count). The van der Waals surface area contributed by atoms with Crippen LogP contribution in [0.2, 0.25) is 0 Å². The summed E-state index contributed by atoms with van der Waals surface area (Å²) in [5, 5.41) is 19.6. The van der Waals surface area contributed by atoms with E-state index in [1.165, 1.54) is 17.3 Å². The zero-order valence-electron chi connectivity index (χ0n) is 13.2. The van der Waals surface area contributed by atoms with E-state index in [4.69, 9.17) is 0 Å². The van der Waals surface area contributed by atoms with Crippen molar-refractivity contribution in [3.05, 3.63) is 71.5 Å². The molecule has 0 spiro atoms. The second kappa shape index (κ2) is 6.98. The zero-order chi connectivity index (χ0) is 16.2. The van der Waals surface area contributed by atoms with Gasteiger partial charge in [0.25, 0.3) is 0 Å². The van der Waals surface area contributed by atoms with Gasteiger partial charge in [-0.2, -0.15) is 0 Å². The molecule has 0 radical (unpaired) electrons. The number of rotatable bonds is 5. The highest BCUT2D eigenvalue weighted by molar-refractivity contribution is 7.99. The average molecular weight is 325 g/mol. The monoisotopic (exact) mass is 325 g/mol. The van der Waals surface area contributed by atoms with Crippen molar-refractivity contribution in [2.75, 3.05) is 5.75 Å². The molecular formula is C18H19N3OS. The SMILES string of the molecule is Cc1ccccc1-n1c(C)nnc1SC[C@@H](O)c1ccccc1. The molecule has 1 N–H and O–H groups in total. The summed E-state index contributed by atoms with van der Waals surface area (Å²) in [5.74, 6) is 1.38. The molecule has 2 aromatic carbocycles. The Morgan fingerprint density at radius 2 is 1.70 bits per heavy atom. The quantitative estimate of drug-likeness (QED) is 0.727. The molecule has 0 aliphatic carbocycles. The lowest BCUT2D eigenvalue weighted by Crippen LogP contribution is -2.04. The molecule has 0 amide bonds. The zero-order valence-corrected chi connectivity index (χ0v) is 14.0. The second-order valence-electron chi connectivity index (χ2n) is 5.39. The molecule has 1 atom stereocenters. The Bertz CT molecular complexity index is 786. The maximum atomic E-state index is 10.3. The van der Waals surface area contributed by atoms with Crippen molar-refractivity contribution in [1.82, 2.24) is 14.8 Å². The van der Waals surface area contributed by atoms with Crippen LogP contribution < -0.4 is 0 Å². The summed E-state index contributed by atoms with van der Waals surface area (Å²) in [6.07, 6.45) is -0.525. The Kier molecular flexibility index (Phi) is 4.79. The van der Waals surface area contributed by atoms with Crippen LogP contribution in [0.3, 0.4) is 0 Å². The number of hydrogen-bond acceptors (Lipinski definition) is 4. The van der Waals surface area contributed by atoms with Crippen molar-refractivity contribution in [1.29, 1.82) is 0 Å². The fourth-order valence-corrected chi connectivity index (χ4v) is 3.41. The summed E-state index contributed by atoms with van der Waals surface area (Å²) in [5.41, 5.74) is 3.16. The van der Waals surface area contributed by atoms with Crippen LogP contribution in [0.15, 0.2) is 59.8 Å². The van der Waals surface area contributed by atoms with E-state index >= 15 is 0 Å². The average Bonchev–Trinajstić information content (AvgIpc) is 2.94. The van der Waals surface area contributed by atoms with Gasteiger partial charge in [0, 0.05) is 5.75 Å². The molecular weight excluding hydrogens is 306 g/mol. The van der Waals surface area contributed by atoms with E-state index in [1.807, 2.05) is 54.0 Å². The number of aliphatic hydroxyl groups is 1. The lowest BCUT2D eigenvalue weighted by atomic mass is 10.1. The standard InChI is InChI=1S/C18H19N3OS/c1-13-8-6-7-11-16(13)21-14(2)19-20-18(21)23-12-17(22)15-9-4-3-5-10-15/h3-11,17,22H,12H2,1-2H3/t17-/m1/s1. The molecule has 118 valence electrons. The normalized spacial score (nSPS) is 12.3. The highest BCUT2D eigenvalue weighted by atomic mass is 32.2. The Hall–Kier alpha value is -2.11. The van der Waals surface area contributed by atoms with Crippen LogP contribution >= 0.6 is 11.8 Å². The second-order valence-corrected chi connectivity index (χ2v) is 6.38. The third kappa shape index (κ3) is 3.46. The van der Waals surface area contributed by atoms with Gasteiger partial charge in [-0.1, -0.05) is 60.3 Å². The number of hydrogen-bond donors (Lipinski definition) is 1. The lowest BCUT2D eigenvalue weighted by molar-refractivity contribution is 0.204. The molecule has 4 nitrogen and oxygen atoms in total. The minimum atomic E-state index is -0.525. The molecule has 1 heterocycles. The summed E-state index contributed by atoms with van der Waals surface area (Å²) in [6.45, 7) is 4.01. The Morgan fingerprint density at radius 1 is 1.00 bits per heavy atom. The predicted molar refractivity (Wildman–Crippen MR) is 93.0 cm³/mol. The van der Waals surface area contributed by atoms with Gasteiger partial charge in [0.05, 0.1) is 11.8 Å². The van der Waals surface area contributed by atoms with E-state index in [0.29, 0.717) is 5.75 Å². The molecule has 0 saturated carbocycles. The predicted octanol–water partition coefficient (Wildman–Crippen LogP) is 3.71. The summed E-state index contributed by atoms with van der Waals surface area (Å²) < 4.78 is 2.04. The van der Waals surface area contributed by atoms with Crippen molar-refractivity contribution < 1.29 is 5.11 Å². The first kappa shape index (κ1) is 15.8. The fraction of sp³-hybridized carbons (Fsp3) is 0.222. The third-order valence-electron chi connectivity index (χ3n) is 3.71. The van der Waals surface area contributed by atoms with Crippen LogP contribution in [0.4, 0.5) is 0 Å².